The van der Waals surface area contributed by atoms with E-state index in [0.717, 1.165) is 25.7 Å². The molecule has 3 nitrogen and oxygen atoms in total. The van der Waals surface area contributed by atoms with E-state index < -0.39 is 6.16 Å². The molecule has 0 aromatic carbocycles. The van der Waals surface area contributed by atoms with Gasteiger partial charge in [-0.15, -0.1) is 0 Å². The minimum atomic E-state index is -0.468. The zero-order valence-electron chi connectivity index (χ0n) is 25.0. The summed E-state index contributed by atoms with van der Waals surface area (Å²) in [7, 11) is 0. The van der Waals surface area contributed by atoms with Gasteiger partial charge in [-0.1, -0.05) is 136 Å². The SMILES string of the molecule is CCCCCCCC/C=C/CCCCCCCCOC(=O)OC(C)C(CCCCC)CCCCCC. The van der Waals surface area contributed by atoms with Gasteiger partial charge in [-0.25, -0.2) is 4.79 Å². The van der Waals surface area contributed by atoms with Crippen LogP contribution in [0.15, 0.2) is 12.2 Å². The van der Waals surface area contributed by atoms with Crippen LogP contribution < -0.4 is 0 Å². The number of allylic oxidation sites excluding steroid dienone is 2. The van der Waals surface area contributed by atoms with Crippen molar-refractivity contribution in [3.63, 3.8) is 0 Å². The van der Waals surface area contributed by atoms with E-state index in [-0.39, 0.29) is 6.10 Å². The van der Waals surface area contributed by atoms with Gasteiger partial charge in [0.05, 0.1) is 6.61 Å². The highest BCUT2D eigenvalue weighted by atomic mass is 16.7. The Bertz CT molecular complexity index is 474. The Hall–Kier alpha value is -0.990. The lowest BCUT2D eigenvalue weighted by Crippen LogP contribution is -2.25. The number of hydrogen-bond donors (Lipinski definition) is 0. The van der Waals surface area contributed by atoms with Gasteiger partial charge in [0.2, 0.25) is 0 Å². The summed E-state index contributed by atoms with van der Waals surface area (Å²) < 4.78 is 11.0. The molecule has 0 aliphatic heterocycles. The third-order valence-electron chi connectivity index (χ3n) is 7.43. The van der Waals surface area contributed by atoms with E-state index in [1.165, 1.54) is 122 Å². The number of carbonyl (C=O) groups excluding carboxylic acids is 1. The summed E-state index contributed by atoms with van der Waals surface area (Å²) in [6.07, 6.45) is 33.3. The third kappa shape index (κ3) is 24.7. The molecular weight excluding hydrogens is 444 g/mol. The first kappa shape index (κ1) is 35.0. The van der Waals surface area contributed by atoms with Crippen molar-refractivity contribution in [1.29, 1.82) is 0 Å². The molecule has 0 bridgehead atoms. The van der Waals surface area contributed by atoms with Crippen molar-refractivity contribution >= 4 is 6.16 Å². The first-order valence-electron chi connectivity index (χ1n) is 16.1. The molecule has 214 valence electrons. The van der Waals surface area contributed by atoms with E-state index in [4.69, 9.17) is 9.47 Å². The fraction of sp³-hybridized carbons (Fsp3) is 0.909. The molecule has 2 unspecified atom stereocenters. The molecule has 0 aromatic rings. The number of ether oxygens (including phenoxy) is 2. The Labute approximate surface area is 226 Å². The lowest BCUT2D eigenvalue weighted by molar-refractivity contribution is 0.00474. The molecule has 0 N–H and O–H groups in total. The van der Waals surface area contributed by atoms with Crippen molar-refractivity contribution in [2.24, 2.45) is 5.92 Å². The Morgan fingerprint density at radius 2 is 1.00 bits per heavy atom. The van der Waals surface area contributed by atoms with E-state index in [9.17, 15) is 4.79 Å². The normalized spacial score (nSPS) is 13.2. The maximum absolute atomic E-state index is 12.2. The minimum absolute atomic E-state index is 0.0455. The van der Waals surface area contributed by atoms with E-state index in [1.54, 1.807) is 0 Å². The molecule has 0 amide bonds. The molecule has 0 aromatic heterocycles. The van der Waals surface area contributed by atoms with Crippen molar-refractivity contribution in [3.8, 4) is 0 Å². The van der Waals surface area contributed by atoms with Crippen LogP contribution in [0.5, 0.6) is 0 Å². The second-order valence-electron chi connectivity index (χ2n) is 11.0. The summed E-state index contributed by atoms with van der Waals surface area (Å²) in [5.74, 6) is 0.464. The molecule has 0 aliphatic rings. The molecule has 36 heavy (non-hydrogen) atoms. The highest BCUT2D eigenvalue weighted by Crippen LogP contribution is 2.23. The van der Waals surface area contributed by atoms with E-state index in [2.05, 4.69) is 39.8 Å². The van der Waals surface area contributed by atoms with E-state index >= 15 is 0 Å². The van der Waals surface area contributed by atoms with Crippen LogP contribution in [0.25, 0.3) is 0 Å². The van der Waals surface area contributed by atoms with Crippen molar-refractivity contribution in [3.05, 3.63) is 12.2 Å². The Morgan fingerprint density at radius 1 is 0.583 bits per heavy atom. The first-order chi connectivity index (χ1) is 17.7. The summed E-state index contributed by atoms with van der Waals surface area (Å²) in [6, 6.07) is 0. The molecule has 2 atom stereocenters. The smallest absolute Gasteiger partial charge is 0.434 e. The highest BCUT2D eigenvalue weighted by molar-refractivity contribution is 5.60. The van der Waals surface area contributed by atoms with Gasteiger partial charge in [0.15, 0.2) is 0 Å². The topological polar surface area (TPSA) is 35.5 Å². The summed E-state index contributed by atoms with van der Waals surface area (Å²) in [4.78, 5) is 12.2. The molecule has 0 spiro atoms. The molecule has 0 saturated heterocycles. The molecular formula is C33H64O3. The zero-order valence-corrected chi connectivity index (χ0v) is 25.0. The lowest BCUT2D eigenvalue weighted by atomic mass is 9.90. The fourth-order valence-corrected chi connectivity index (χ4v) is 4.89. The van der Waals surface area contributed by atoms with Gasteiger partial charge in [0.25, 0.3) is 0 Å². The average Bonchev–Trinajstić information content (AvgIpc) is 2.87. The number of unbranched alkanes of at least 4 members (excludes halogenated alkanes) is 17. The van der Waals surface area contributed by atoms with Crippen LogP contribution >= 0.6 is 0 Å². The zero-order chi connectivity index (χ0) is 26.5. The van der Waals surface area contributed by atoms with Crippen LogP contribution in [-0.4, -0.2) is 18.9 Å². The molecule has 0 heterocycles. The van der Waals surface area contributed by atoms with Crippen LogP contribution in [0.2, 0.25) is 0 Å². The largest absolute Gasteiger partial charge is 0.508 e. The quantitative estimate of drug-likeness (QED) is 0.0628. The number of hydrogen-bond acceptors (Lipinski definition) is 3. The third-order valence-corrected chi connectivity index (χ3v) is 7.43. The average molecular weight is 509 g/mol. The van der Waals surface area contributed by atoms with E-state index in [0.29, 0.717) is 12.5 Å². The van der Waals surface area contributed by atoms with Gasteiger partial charge in [-0.2, -0.15) is 0 Å². The number of rotatable bonds is 27. The van der Waals surface area contributed by atoms with E-state index in [1.807, 2.05) is 0 Å². The predicted octanol–water partition coefficient (Wildman–Crippen LogP) is 11.7. The monoisotopic (exact) mass is 508 g/mol. The fourth-order valence-electron chi connectivity index (χ4n) is 4.89. The predicted molar refractivity (Wildman–Crippen MR) is 158 cm³/mol. The van der Waals surface area contributed by atoms with Crippen LogP contribution in [-0.2, 0) is 9.47 Å². The maximum atomic E-state index is 12.2. The Morgan fingerprint density at radius 3 is 1.56 bits per heavy atom. The summed E-state index contributed by atoms with van der Waals surface area (Å²) in [5.41, 5.74) is 0. The molecule has 0 rings (SSSR count). The second kappa shape index (κ2) is 28.6. The van der Waals surface area contributed by atoms with Crippen molar-refractivity contribution < 1.29 is 14.3 Å². The summed E-state index contributed by atoms with van der Waals surface area (Å²) in [6.45, 7) is 9.31. The summed E-state index contributed by atoms with van der Waals surface area (Å²) >= 11 is 0. The van der Waals surface area contributed by atoms with Crippen LogP contribution in [0.3, 0.4) is 0 Å². The highest BCUT2D eigenvalue weighted by Gasteiger charge is 2.21. The lowest BCUT2D eigenvalue weighted by Gasteiger charge is -2.24. The molecule has 0 fully saturated rings. The van der Waals surface area contributed by atoms with Crippen LogP contribution in [0.4, 0.5) is 4.79 Å². The maximum Gasteiger partial charge on any atom is 0.508 e. The van der Waals surface area contributed by atoms with Crippen LogP contribution in [0, 0.1) is 5.92 Å². The Balaban J connectivity index is 3.70. The van der Waals surface area contributed by atoms with Crippen molar-refractivity contribution in [2.45, 2.75) is 181 Å². The van der Waals surface area contributed by atoms with Crippen molar-refractivity contribution in [1.82, 2.24) is 0 Å². The van der Waals surface area contributed by atoms with Gasteiger partial charge < -0.3 is 9.47 Å². The van der Waals surface area contributed by atoms with Gasteiger partial charge >= 0.3 is 6.16 Å². The van der Waals surface area contributed by atoms with Gasteiger partial charge in [-0.05, 0) is 57.8 Å². The molecule has 0 aliphatic carbocycles. The Kier molecular flexibility index (Phi) is 27.8. The molecule has 0 radical (unpaired) electrons. The van der Waals surface area contributed by atoms with Crippen molar-refractivity contribution in [2.75, 3.05) is 6.61 Å². The molecule has 0 saturated carbocycles. The van der Waals surface area contributed by atoms with Crippen LogP contribution in [0.1, 0.15) is 175 Å². The molecule has 3 heteroatoms. The first-order valence-corrected chi connectivity index (χ1v) is 16.1. The number of carbonyl (C=O) groups is 1. The van der Waals surface area contributed by atoms with Gasteiger partial charge in [0, 0.05) is 0 Å². The minimum Gasteiger partial charge on any atom is -0.434 e. The van der Waals surface area contributed by atoms with Gasteiger partial charge in [0.1, 0.15) is 6.10 Å². The summed E-state index contributed by atoms with van der Waals surface area (Å²) in [5, 5.41) is 0. The standard InChI is InChI=1S/C33H64O3/c1-5-8-11-13-14-15-16-17-18-19-20-21-22-23-24-27-30-35-33(34)36-31(4)32(28-25-10-7-3)29-26-12-9-6-2/h17-18,31-32H,5-16,19-30H2,1-4H3/b18-17+. The second-order valence-corrected chi connectivity index (χ2v) is 11.0. The van der Waals surface area contributed by atoms with Gasteiger partial charge in [-0.3, -0.25) is 0 Å².